The van der Waals surface area contributed by atoms with Gasteiger partial charge in [-0.15, -0.1) is 0 Å². The molecule has 0 saturated carbocycles. The zero-order valence-electron chi connectivity index (χ0n) is 44.7. The van der Waals surface area contributed by atoms with E-state index in [1.807, 2.05) is 78.9 Å². The van der Waals surface area contributed by atoms with Gasteiger partial charge in [0.25, 0.3) is 0 Å². The maximum absolute atomic E-state index is 13.9. The quantitative estimate of drug-likeness (QED) is 0.0172. The van der Waals surface area contributed by atoms with Crippen molar-refractivity contribution in [3.05, 3.63) is 191 Å². The van der Waals surface area contributed by atoms with Crippen LogP contribution in [0.1, 0.15) is 101 Å². The lowest BCUT2D eigenvalue weighted by atomic mass is 9.80. The van der Waals surface area contributed by atoms with Crippen LogP contribution in [-0.2, 0) is 45.0 Å². The fourth-order valence-electron chi connectivity index (χ4n) is 10.4. The van der Waals surface area contributed by atoms with E-state index in [9.17, 15) is 14.4 Å². The molecule has 2 aliphatic heterocycles. The Bertz CT molecular complexity index is 2800. The number of hydrogen-bond donors (Lipinski definition) is 2. The number of rotatable bonds is 27. The summed E-state index contributed by atoms with van der Waals surface area (Å²) in [5.41, 5.74) is 8.61. The zero-order chi connectivity index (χ0) is 53.4. The third-order valence-corrected chi connectivity index (χ3v) is 14.3. The zero-order valence-corrected chi connectivity index (χ0v) is 44.7. The molecule has 0 aromatic heterocycles. The average molecular weight is 1020 g/mol. The molecule has 75 heavy (non-hydrogen) atoms. The number of carbonyl (C=O) groups is 3. The molecule has 2 heterocycles. The number of nitrogens with zero attached hydrogens (tertiary/aromatic N) is 2. The van der Waals surface area contributed by atoms with Crippen LogP contribution in [-0.4, -0.2) is 93.0 Å². The van der Waals surface area contributed by atoms with Gasteiger partial charge in [-0.3, -0.25) is 14.4 Å². The fourth-order valence-corrected chi connectivity index (χ4v) is 10.4. The molecule has 0 bridgehead atoms. The fraction of sp³-hybridized carbons (Fsp3) is 0.365. The molecule has 2 aliphatic rings. The molecule has 1 amide bonds. The summed E-state index contributed by atoms with van der Waals surface area (Å²) in [6.45, 7) is 12.8. The number of ether oxygens (including phenoxy) is 5. The van der Waals surface area contributed by atoms with Gasteiger partial charge < -0.3 is 39.0 Å². The number of allylic oxidation sites excluding steroid dienone is 6. The van der Waals surface area contributed by atoms with Crippen molar-refractivity contribution in [3.63, 3.8) is 0 Å². The van der Waals surface area contributed by atoms with Crippen molar-refractivity contribution >= 4 is 34.9 Å². The summed E-state index contributed by atoms with van der Waals surface area (Å²) < 4.78 is 31.7. The molecule has 0 fully saturated rings. The second kappa shape index (κ2) is 25.8. The number of unbranched alkanes of at least 4 members (excludes halogenated alkanes) is 2. The van der Waals surface area contributed by atoms with Crippen molar-refractivity contribution in [2.24, 2.45) is 0 Å². The summed E-state index contributed by atoms with van der Waals surface area (Å²) in [4.78, 5) is 40.3. The van der Waals surface area contributed by atoms with Gasteiger partial charge >= 0.3 is 11.9 Å². The summed E-state index contributed by atoms with van der Waals surface area (Å²) in [5.74, 6) is -0.355. The van der Waals surface area contributed by atoms with Crippen LogP contribution in [0.5, 0.6) is 11.5 Å². The number of carboxylic acids is 1. The predicted molar refractivity (Wildman–Crippen MR) is 295 cm³/mol. The van der Waals surface area contributed by atoms with E-state index in [-0.39, 0.29) is 62.4 Å². The van der Waals surface area contributed by atoms with Gasteiger partial charge in [0.1, 0.15) is 30.3 Å². The number of carboxylic acid groups (broad SMARTS) is 1. The number of aliphatic carboxylic acids is 1. The number of fused-ring (bicyclic) bond motifs is 2. The number of nitrogens with one attached hydrogen (secondary N) is 1. The first-order valence-corrected chi connectivity index (χ1v) is 26.1. The molecule has 5 aromatic rings. The molecule has 0 saturated heterocycles. The molecule has 0 aliphatic carbocycles. The van der Waals surface area contributed by atoms with E-state index < -0.39 is 23.6 Å². The number of methoxy groups -OCH3 is 2. The highest BCUT2D eigenvalue weighted by molar-refractivity contribution is 6.03. The molecule has 0 spiro atoms. The monoisotopic (exact) mass is 1020 g/mol. The van der Waals surface area contributed by atoms with Crippen molar-refractivity contribution < 1.29 is 47.7 Å². The summed E-state index contributed by atoms with van der Waals surface area (Å²) in [6.07, 6.45) is 13.2. The van der Waals surface area contributed by atoms with E-state index in [4.69, 9.17) is 28.8 Å². The van der Waals surface area contributed by atoms with Crippen molar-refractivity contribution in [2.45, 2.75) is 95.6 Å². The third kappa shape index (κ3) is 13.2. The topological polar surface area (TPSA) is 136 Å². The number of benzene rings is 5. The number of carbonyl (C=O) groups excluding carboxylic acids is 2. The normalized spacial score (nSPS) is 15.6. The minimum atomic E-state index is -1.18. The smallest absolute Gasteiger partial charge is 0.308 e. The number of hydrogen-bond acceptors (Lipinski definition) is 9. The van der Waals surface area contributed by atoms with Gasteiger partial charge in [0.15, 0.2) is 5.71 Å². The molecule has 2 N–H and O–H groups in total. The Morgan fingerprint density at radius 1 is 0.680 bits per heavy atom. The van der Waals surface area contributed by atoms with Crippen molar-refractivity contribution in [1.29, 1.82) is 0 Å². The van der Waals surface area contributed by atoms with Gasteiger partial charge in [-0.25, -0.2) is 0 Å². The molecule has 1 unspecified atom stereocenters. The Kier molecular flexibility index (Phi) is 19.1. The Labute approximate surface area is 443 Å². The highest BCUT2D eigenvalue weighted by Crippen LogP contribution is 2.48. The average Bonchev–Trinajstić information content (AvgIpc) is 3.78. The lowest BCUT2D eigenvalue weighted by molar-refractivity contribution is -0.438. The van der Waals surface area contributed by atoms with Gasteiger partial charge in [0, 0.05) is 53.9 Å². The van der Waals surface area contributed by atoms with Crippen LogP contribution in [0.4, 0.5) is 11.4 Å². The highest BCUT2D eigenvalue weighted by atomic mass is 16.5. The van der Waals surface area contributed by atoms with E-state index >= 15 is 0 Å². The summed E-state index contributed by atoms with van der Waals surface area (Å²) in [7, 11) is 3.23. The molecule has 5 aromatic carbocycles. The molecular formula is C63H74N3O9+. The largest absolute Gasteiger partial charge is 0.497 e. The van der Waals surface area contributed by atoms with Gasteiger partial charge in [-0.2, -0.15) is 4.58 Å². The second-order valence-corrected chi connectivity index (χ2v) is 19.9. The first-order chi connectivity index (χ1) is 36.2. The van der Waals surface area contributed by atoms with E-state index in [0.29, 0.717) is 17.9 Å². The first-order valence-electron chi connectivity index (χ1n) is 26.1. The lowest BCUT2D eigenvalue weighted by Crippen LogP contribution is -2.45. The molecule has 1 atom stereocenters. The highest BCUT2D eigenvalue weighted by Gasteiger charge is 2.44. The van der Waals surface area contributed by atoms with E-state index in [1.54, 1.807) is 14.2 Å². The third-order valence-electron chi connectivity index (χ3n) is 14.3. The van der Waals surface area contributed by atoms with Crippen molar-refractivity contribution in [3.8, 4) is 11.5 Å². The van der Waals surface area contributed by atoms with Gasteiger partial charge in [0.05, 0.1) is 58.3 Å². The van der Waals surface area contributed by atoms with Crippen LogP contribution >= 0.6 is 0 Å². The number of amides is 1. The van der Waals surface area contributed by atoms with Crippen molar-refractivity contribution in [1.82, 2.24) is 5.32 Å². The molecular weight excluding hydrogens is 943 g/mol. The Hall–Kier alpha value is -7.28. The van der Waals surface area contributed by atoms with Crippen molar-refractivity contribution in [2.75, 3.05) is 58.6 Å². The Morgan fingerprint density at radius 3 is 1.95 bits per heavy atom. The van der Waals surface area contributed by atoms with Crippen LogP contribution < -0.4 is 19.7 Å². The molecule has 394 valence electrons. The van der Waals surface area contributed by atoms with Crippen LogP contribution in [0.15, 0.2) is 163 Å². The van der Waals surface area contributed by atoms with Gasteiger partial charge in [-0.05, 0) is 92.3 Å². The maximum Gasteiger partial charge on any atom is 0.308 e. The number of esters is 1. The Morgan fingerprint density at radius 2 is 1.29 bits per heavy atom. The summed E-state index contributed by atoms with van der Waals surface area (Å²) in [6, 6.07) is 41.8. The number of likely N-dealkylation sites (N-methyl/N-ethyl adjacent to an activating group) is 1. The number of para-hydroxylation sites is 2. The van der Waals surface area contributed by atoms with Crippen LogP contribution in [0.3, 0.4) is 0 Å². The molecule has 12 heteroatoms. The lowest BCUT2D eigenvalue weighted by Gasteiger charge is -2.37. The summed E-state index contributed by atoms with van der Waals surface area (Å²) >= 11 is 0. The Balaban J connectivity index is 1.05. The van der Waals surface area contributed by atoms with Crippen LogP contribution in [0.2, 0.25) is 0 Å². The molecule has 0 radical (unpaired) electrons. The summed E-state index contributed by atoms with van der Waals surface area (Å²) in [5, 5.41) is 12.1. The SMILES string of the molecule is CCN1/C(=C/C=C/C=C/C2=[N+](CCCCCC(=O)NC(COC(=O)CCOCCC(=O)O)COC(c3ccccc3)(c3ccc(OC)cc3)c3ccc(OC)cc3)c3ccccc3C2(C)C)C(C)(C)c2ccccc21. The van der Waals surface area contributed by atoms with Gasteiger partial charge in [-0.1, -0.05) is 123 Å². The van der Waals surface area contributed by atoms with E-state index in [0.717, 1.165) is 42.6 Å². The minimum Gasteiger partial charge on any atom is -0.497 e. The molecule has 12 nitrogen and oxygen atoms in total. The first kappa shape index (κ1) is 55.5. The standard InChI is InChI=1S/C63H73N3O9/c1-8-65-54-26-19-17-24-52(54)61(2,3)56(65)28-14-10-15-29-57-62(4,5)53-25-18-20-27-55(53)66(57)41-21-11-16-30-58(67)64-49(44-74-60(70)40-43-73-42-39-59(68)69)45-75-63(46-22-12-9-13-23-46,47-31-35-50(71-6)36-32-47)48-33-37-51(72-7)38-34-48/h9-10,12-15,17-20,22-29,31-38,49H,8,11,16,21,30,39-45H2,1-7H3,(H-,64,67,68,69)/p+1. The maximum atomic E-state index is 13.9. The van der Waals surface area contributed by atoms with Crippen LogP contribution in [0.25, 0.3) is 0 Å². The second-order valence-electron chi connectivity index (χ2n) is 19.9. The predicted octanol–water partition coefficient (Wildman–Crippen LogP) is 11.4. The van der Waals surface area contributed by atoms with E-state index in [1.165, 1.54) is 33.9 Å². The minimum absolute atomic E-state index is 0.00382. The van der Waals surface area contributed by atoms with Gasteiger partial charge in [0.2, 0.25) is 11.6 Å². The van der Waals surface area contributed by atoms with Crippen LogP contribution in [0, 0.1) is 0 Å². The molecule has 7 rings (SSSR count). The number of anilines is 1. The van der Waals surface area contributed by atoms with E-state index in [2.05, 4.69) is 128 Å².